The van der Waals surface area contributed by atoms with E-state index in [1.165, 1.54) is 0 Å². The maximum absolute atomic E-state index is 5.15. The average Bonchev–Trinajstić information content (AvgIpc) is 3.74. The van der Waals surface area contributed by atoms with Gasteiger partial charge in [-0.25, -0.2) is 32.7 Å². The van der Waals surface area contributed by atoms with E-state index < -0.39 is 0 Å². The SMILES string of the molecule is Ic1ccc2c3nc4nc(nc5c6ccccc6c(nc6nc(nc([nH]3)c2c1I)-c1ccccc1-6)n5I)-c1ccccc1-4. The fourth-order valence-corrected chi connectivity index (χ4v) is 7.64. The minimum Gasteiger partial charge on any atom is -0.324 e. The molecule has 5 heterocycles. The van der Waals surface area contributed by atoms with Crippen molar-refractivity contribution in [1.29, 1.82) is 0 Å². The minimum absolute atomic E-state index is 0.602. The third-order valence-corrected chi connectivity index (χ3v) is 11.7. The summed E-state index contributed by atoms with van der Waals surface area (Å²) in [5.41, 5.74) is 6.64. The Balaban J connectivity index is 1.54. The molecule has 0 fully saturated rings. The van der Waals surface area contributed by atoms with Gasteiger partial charge in [0.1, 0.15) is 11.3 Å². The van der Waals surface area contributed by atoms with Gasteiger partial charge in [0.15, 0.2) is 34.6 Å². The Hall–Kier alpha value is -3.57. The number of hydrogen-bond donors (Lipinski definition) is 1. The van der Waals surface area contributed by atoms with Crippen molar-refractivity contribution in [2.24, 2.45) is 0 Å². The number of halogens is 3. The Morgan fingerprint density at radius 3 is 1.49 bits per heavy atom. The lowest BCUT2D eigenvalue weighted by molar-refractivity contribution is 1.18. The summed E-state index contributed by atoms with van der Waals surface area (Å²) < 4.78 is 4.23. The van der Waals surface area contributed by atoms with Crippen LogP contribution in [0, 0.1) is 7.14 Å². The first kappa shape index (κ1) is 25.9. The molecule has 0 atom stereocenters. The number of rotatable bonds is 0. The smallest absolute Gasteiger partial charge is 0.164 e. The summed E-state index contributed by atoms with van der Waals surface area (Å²) in [4.78, 5) is 34.0. The number of aromatic nitrogens is 8. The van der Waals surface area contributed by atoms with Gasteiger partial charge in [0.05, 0.1) is 22.9 Å². The molecule has 204 valence electrons. The fraction of sp³-hybridized carbons (Fsp3) is 0. The summed E-state index contributed by atoms with van der Waals surface area (Å²) in [6, 6.07) is 28.6. The van der Waals surface area contributed by atoms with E-state index in [-0.39, 0.29) is 0 Å². The molecule has 0 amide bonds. The monoisotopic (exact) mass is 892 g/mol. The molecule has 8 nitrogen and oxygen atoms in total. The highest BCUT2D eigenvalue weighted by Gasteiger charge is 2.23. The Kier molecular flexibility index (Phi) is 5.85. The molecule has 0 unspecified atom stereocenters. The number of benzene rings is 4. The molecule has 3 aromatic heterocycles. The lowest BCUT2D eigenvalue weighted by atomic mass is 10.1. The van der Waals surface area contributed by atoms with Crippen molar-refractivity contribution in [2.45, 2.75) is 0 Å². The number of nitrogens with one attached hydrogen (secondary N) is 1. The van der Waals surface area contributed by atoms with Crippen molar-refractivity contribution in [3.8, 4) is 45.6 Å². The average molecular weight is 892 g/mol. The first-order valence-corrected chi connectivity index (χ1v) is 16.4. The number of aromatic amines is 1. The molecule has 4 aromatic carbocycles. The molecule has 0 radical (unpaired) electrons. The van der Waals surface area contributed by atoms with Gasteiger partial charge >= 0.3 is 0 Å². The molecule has 2 aliphatic heterocycles. The Morgan fingerprint density at radius 2 is 0.953 bits per heavy atom. The second kappa shape index (κ2) is 9.72. The van der Waals surface area contributed by atoms with Crippen molar-refractivity contribution in [1.82, 2.24) is 37.7 Å². The first-order valence-electron chi connectivity index (χ1n) is 13.3. The first-order chi connectivity index (χ1) is 21.0. The second-order valence-corrected chi connectivity index (χ2v) is 13.3. The molecule has 9 rings (SSSR count). The molecular weight excluding hydrogens is 877 g/mol. The van der Waals surface area contributed by atoms with Crippen molar-refractivity contribution in [3.05, 3.63) is 92.1 Å². The summed E-state index contributed by atoms with van der Waals surface area (Å²) in [6.07, 6.45) is 0. The molecule has 11 heteroatoms. The zero-order valence-corrected chi connectivity index (χ0v) is 28.3. The molecule has 43 heavy (non-hydrogen) atoms. The van der Waals surface area contributed by atoms with Gasteiger partial charge in [-0.05, 0) is 57.3 Å². The molecule has 0 saturated heterocycles. The predicted octanol–water partition coefficient (Wildman–Crippen LogP) is 8.75. The quantitative estimate of drug-likeness (QED) is 0.153. The molecule has 1 N–H and O–H groups in total. The van der Waals surface area contributed by atoms with Crippen LogP contribution in [-0.4, -0.2) is 37.7 Å². The highest BCUT2D eigenvalue weighted by Crippen LogP contribution is 2.38. The molecule has 0 aliphatic carbocycles. The Bertz CT molecular complexity index is 2520. The zero-order valence-electron chi connectivity index (χ0n) is 21.8. The Morgan fingerprint density at radius 1 is 0.488 bits per heavy atom. The number of fused-ring (bicyclic) bond motifs is 20. The van der Waals surface area contributed by atoms with Crippen LogP contribution >= 0.6 is 68.0 Å². The van der Waals surface area contributed by atoms with E-state index in [0.717, 1.165) is 62.2 Å². The van der Waals surface area contributed by atoms with Gasteiger partial charge in [0.25, 0.3) is 0 Å². The van der Waals surface area contributed by atoms with Crippen LogP contribution in [0.3, 0.4) is 0 Å². The largest absolute Gasteiger partial charge is 0.324 e. The van der Waals surface area contributed by atoms with Crippen LogP contribution < -0.4 is 0 Å². The lowest BCUT2D eigenvalue weighted by Gasteiger charge is -1.99. The third kappa shape index (κ3) is 3.90. The van der Waals surface area contributed by atoms with E-state index in [1.807, 2.05) is 63.4 Å². The van der Waals surface area contributed by atoms with Crippen molar-refractivity contribution in [3.63, 3.8) is 0 Å². The summed E-state index contributed by atoms with van der Waals surface area (Å²) >= 11 is 7.03. The maximum Gasteiger partial charge on any atom is 0.164 e. The molecular formula is C32H15I3N8. The van der Waals surface area contributed by atoms with Crippen LogP contribution in [0.1, 0.15) is 0 Å². The molecule has 0 saturated carbocycles. The van der Waals surface area contributed by atoms with Gasteiger partial charge in [0.2, 0.25) is 0 Å². The summed E-state index contributed by atoms with van der Waals surface area (Å²) in [5, 5.41) is 3.93. The number of H-pyrrole nitrogens is 1. The number of hydrogen-bond acceptors (Lipinski definition) is 6. The maximum atomic E-state index is 5.15. The minimum atomic E-state index is 0.602. The Labute approximate surface area is 284 Å². The van der Waals surface area contributed by atoms with Gasteiger partial charge in [0, 0.05) is 50.9 Å². The normalized spacial score (nSPS) is 12.1. The predicted molar refractivity (Wildman–Crippen MR) is 195 cm³/mol. The van der Waals surface area contributed by atoms with Crippen LogP contribution in [0.15, 0.2) is 84.9 Å². The summed E-state index contributed by atoms with van der Waals surface area (Å²) in [5.74, 6) is 2.42. The molecule has 2 aliphatic rings. The highest BCUT2D eigenvalue weighted by atomic mass is 127. The van der Waals surface area contributed by atoms with Crippen LogP contribution in [0.4, 0.5) is 0 Å². The van der Waals surface area contributed by atoms with Crippen LogP contribution in [-0.2, 0) is 0 Å². The molecule has 8 bridgehead atoms. The van der Waals surface area contributed by atoms with Crippen LogP contribution in [0.5, 0.6) is 0 Å². The van der Waals surface area contributed by atoms with Gasteiger partial charge in [-0.2, -0.15) is 0 Å². The lowest BCUT2D eigenvalue weighted by Crippen LogP contribution is -1.87. The van der Waals surface area contributed by atoms with Gasteiger partial charge < -0.3 is 4.98 Å². The molecule has 0 spiro atoms. The van der Waals surface area contributed by atoms with Crippen LogP contribution in [0.2, 0.25) is 0 Å². The van der Waals surface area contributed by atoms with Gasteiger partial charge in [-0.15, -0.1) is 0 Å². The highest BCUT2D eigenvalue weighted by molar-refractivity contribution is 14.1. The van der Waals surface area contributed by atoms with E-state index in [1.54, 1.807) is 0 Å². The van der Waals surface area contributed by atoms with Crippen molar-refractivity contribution < 1.29 is 0 Å². The van der Waals surface area contributed by atoms with Crippen molar-refractivity contribution >= 4 is 112 Å². The number of nitrogens with zero attached hydrogens (tertiary/aromatic N) is 7. The van der Waals surface area contributed by atoms with Crippen molar-refractivity contribution in [2.75, 3.05) is 0 Å². The zero-order chi connectivity index (χ0) is 28.8. The van der Waals surface area contributed by atoms with Gasteiger partial charge in [-0.1, -0.05) is 72.8 Å². The van der Waals surface area contributed by atoms with E-state index in [0.29, 0.717) is 34.6 Å². The second-order valence-electron chi connectivity index (χ2n) is 10.1. The molecule has 7 aromatic rings. The van der Waals surface area contributed by atoms with E-state index >= 15 is 0 Å². The van der Waals surface area contributed by atoms with E-state index in [9.17, 15) is 0 Å². The topological polar surface area (TPSA) is 98.1 Å². The standard InChI is InChI=1S/C32H15I3N8/c33-22-14-13-21-23(24(22)34)30-39-26-16-8-2-4-10-18(16)28(37-26)42-32-20-12-6-5-11-19(20)31(43(32)35)41-27-17-9-3-1-7-15(17)25(36-27)38-29(21)40-30/h1-14H,(H,36,37,38,39,40,41,42). The van der Waals surface area contributed by atoms with E-state index in [2.05, 4.69) is 97.3 Å². The van der Waals surface area contributed by atoms with E-state index in [4.69, 9.17) is 29.9 Å². The third-order valence-electron chi connectivity index (χ3n) is 7.70. The fourth-order valence-electron chi connectivity index (χ4n) is 5.73. The summed E-state index contributed by atoms with van der Waals surface area (Å²) in [7, 11) is 0. The van der Waals surface area contributed by atoms with Crippen LogP contribution in [0.25, 0.3) is 89.7 Å². The van der Waals surface area contributed by atoms with Gasteiger partial charge in [-0.3, -0.25) is 0 Å². The summed E-state index contributed by atoms with van der Waals surface area (Å²) in [6.45, 7) is 0.